The largest absolute Gasteiger partial charge is 0.443 e. The van der Waals surface area contributed by atoms with Crippen molar-refractivity contribution in [3.8, 4) is 0 Å². The highest BCUT2D eigenvalue weighted by Crippen LogP contribution is 2.36. The van der Waals surface area contributed by atoms with Gasteiger partial charge in [0, 0.05) is 0 Å². The zero-order valence-corrected chi connectivity index (χ0v) is 9.44. The van der Waals surface area contributed by atoms with E-state index in [1.807, 2.05) is 0 Å². The van der Waals surface area contributed by atoms with Crippen molar-refractivity contribution in [2.24, 2.45) is 5.92 Å². The Morgan fingerprint density at radius 2 is 2.06 bits per heavy atom. The Bertz CT molecular complexity index is 372. The van der Waals surface area contributed by atoms with E-state index in [1.54, 1.807) is 26.8 Å². The molecule has 0 unspecified atom stereocenters. The second-order valence-electron chi connectivity index (χ2n) is 5.03. The van der Waals surface area contributed by atoms with Crippen LogP contribution in [0.15, 0.2) is 12.2 Å². The fourth-order valence-electron chi connectivity index (χ4n) is 1.94. The summed E-state index contributed by atoms with van der Waals surface area (Å²) in [7, 11) is 0. The lowest BCUT2D eigenvalue weighted by molar-refractivity contribution is -0.130. The molecule has 0 N–H and O–H groups in total. The highest BCUT2D eigenvalue weighted by molar-refractivity contribution is 5.98. The van der Waals surface area contributed by atoms with E-state index in [2.05, 4.69) is 0 Å². The van der Waals surface area contributed by atoms with Gasteiger partial charge in [0.15, 0.2) is 0 Å². The smallest absolute Gasteiger partial charge is 0.417 e. The average Bonchev–Trinajstić information content (AvgIpc) is 2.56. The summed E-state index contributed by atoms with van der Waals surface area (Å²) >= 11 is 0. The summed E-state index contributed by atoms with van der Waals surface area (Å²) in [5.41, 5.74) is -0.686. The van der Waals surface area contributed by atoms with E-state index >= 15 is 0 Å². The molecule has 1 aliphatic carbocycles. The van der Waals surface area contributed by atoms with Crippen LogP contribution in [0.5, 0.6) is 0 Å². The molecule has 2 aliphatic rings. The van der Waals surface area contributed by atoms with E-state index < -0.39 is 35.7 Å². The minimum absolute atomic E-state index is 0.505. The molecule has 1 saturated heterocycles. The molecule has 1 aliphatic heterocycles. The van der Waals surface area contributed by atoms with Gasteiger partial charge in [-0.15, -0.1) is 0 Å². The van der Waals surface area contributed by atoms with E-state index in [0.29, 0.717) is 0 Å². The lowest BCUT2D eigenvalue weighted by atomic mass is 10.1. The number of carbonyl (C=O) groups excluding carboxylic acids is 2. The first-order chi connectivity index (χ1) is 7.31. The van der Waals surface area contributed by atoms with E-state index in [-0.39, 0.29) is 0 Å². The molecule has 0 radical (unpaired) electrons. The first-order valence-corrected chi connectivity index (χ1v) is 5.20. The number of ether oxygens (including phenoxy) is 1. The quantitative estimate of drug-likeness (QED) is 0.591. The minimum atomic E-state index is -1.32. The molecule has 1 heterocycles. The number of halogens is 1. The van der Waals surface area contributed by atoms with Crippen LogP contribution in [0.25, 0.3) is 0 Å². The van der Waals surface area contributed by atoms with Crippen molar-refractivity contribution in [2.45, 2.75) is 38.6 Å². The van der Waals surface area contributed by atoms with Crippen LogP contribution in [0.3, 0.4) is 0 Å². The first kappa shape index (κ1) is 11.1. The van der Waals surface area contributed by atoms with Gasteiger partial charge in [0.2, 0.25) is 5.91 Å². The van der Waals surface area contributed by atoms with Crippen LogP contribution >= 0.6 is 0 Å². The lowest BCUT2D eigenvalue weighted by Gasteiger charge is -2.26. The van der Waals surface area contributed by atoms with Crippen molar-refractivity contribution in [3.63, 3.8) is 0 Å². The van der Waals surface area contributed by atoms with Crippen LogP contribution in [0.1, 0.15) is 20.8 Å². The SMILES string of the molecule is CC(C)(C)OC(=O)N1C(=O)[C@H]2C=C[C@@H]1[C@@H]2F. The second-order valence-corrected chi connectivity index (χ2v) is 5.03. The van der Waals surface area contributed by atoms with Crippen molar-refractivity contribution in [3.05, 3.63) is 12.2 Å². The monoisotopic (exact) mass is 227 g/mol. The van der Waals surface area contributed by atoms with Crippen molar-refractivity contribution in [1.82, 2.24) is 4.90 Å². The maximum Gasteiger partial charge on any atom is 0.417 e. The zero-order valence-electron chi connectivity index (χ0n) is 9.44. The second kappa shape index (κ2) is 3.30. The normalized spacial score (nSPS) is 32.4. The number of hydrogen-bond donors (Lipinski definition) is 0. The topological polar surface area (TPSA) is 46.6 Å². The molecule has 4 nitrogen and oxygen atoms in total. The van der Waals surface area contributed by atoms with Crippen LogP contribution in [-0.4, -0.2) is 34.7 Å². The summed E-state index contributed by atoms with van der Waals surface area (Å²) in [5, 5.41) is 0. The highest BCUT2D eigenvalue weighted by atomic mass is 19.1. The molecule has 5 heteroatoms. The fraction of sp³-hybridized carbons (Fsp3) is 0.636. The van der Waals surface area contributed by atoms with Crippen LogP contribution in [0, 0.1) is 5.92 Å². The first-order valence-electron chi connectivity index (χ1n) is 5.20. The Morgan fingerprint density at radius 1 is 1.44 bits per heavy atom. The standard InChI is InChI=1S/C11H14FNO3/c1-11(2,3)16-10(15)13-7-5-4-6(8(7)12)9(13)14/h4-8H,1-3H3/t6-,7+,8+/m0/s1. The van der Waals surface area contributed by atoms with Gasteiger partial charge in [-0.25, -0.2) is 14.1 Å². The Kier molecular flexibility index (Phi) is 2.29. The fourth-order valence-corrected chi connectivity index (χ4v) is 1.94. The molecule has 3 atom stereocenters. The maximum absolute atomic E-state index is 13.5. The number of alkyl halides is 1. The molecule has 0 aromatic rings. The third kappa shape index (κ3) is 1.60. The molecule has 0 aromatic heterocycles. The maximum atomic E-state index is 13.5. The van der Waals surface area contributed by atoms with Gasteiger partial charge in [0.1, 0.15) is 11.8 Å². The summed E-state index contributed by atoms with van der Waals surface area (Å²) in [4.78, 5) is 24.2. The molecule has 88 valence electrons. The highest BCUT2D eigenvalue weighted by Gasteiger charge is 2.53. The van der Waals surface area contributed by atoms with E-state index in [9.17, 15) is 14.0 Å². The summed E-state index contributed by atoms with van der Waals surface area (Å²) in [6.45, 7) is 5.10. The molecular formula is C11H14FNO3. The van der Waals surface area contributed by atoms with Gasteiger partial charge in [-0.05, 0) is 20.8 Å². The van der Waals surface area contributed by atoms with Gasteiger partial charge in [0.25, 0.3) is 0 Å². The summed E-state index contributed by atoms with van der Waals surface area (Å²) in [5.74, 6) is -1.31. The van der Waals surface area contributed by atoms with Gasteiger partial charge in [-0.3, -0.25) is 4.79 Å². The zero-order chi connectivity index (χ0) is 12.1. The Hall–Kier alpha value is -1.39. The molecule has 0 spiro atoms. The molecular weight excluding hydrogens is 213 g/mol. The third-order valence-corrected chi connectivity index (χ3v) is 2.60. The Labute approximate surface area is 93.0 Å². The minimum Gasteiger partial charge on any atom is -0.443 e. The number of likely N-dealkylation sites (tertiary alicyclic amines) is 1. The number of nitrogens with zero attached hydrogens (tertiary/aromatic N) is 1. The number of carbonyl (C=O) groups is 2. The molecule has 2 amide bonds. The molecule has 2 rings (SSSR count). The van der Waals surface area contributed by atoms with Crippen molar-refractivity contribution in [2.75, 3.05) is 0 Å². The van der Waals surface area contributed by atoms with Crippen molar-refractivity contribution in [1.29, 1.82) is 0 Å². The predicted molar refractivity (Wildman–Crippen MR) is 54.4 cm³/mol. The molecule has 16 heavy (non-hydrogen) atoms. The van der Waals surface area contributed by atoms with E-state index in [4.69, 9.17) is 4.74 Å². The number of imide groups is 1. The van der Waals surface area contributed by atoms with Crippen LogP contribution in [-0.2, 0) is 9.53 Å². The number of fused-ring (bicyclic) bond motifs is 2. The van der Waals surface area contributed by atoms with Gasteiger partial charge in [-0.1, -0.05) is 12.2 Å². The summed E-state index contributed by atoms with van der Waals surface area (Å²) in [6, 6.07) is -0.785. The number of amides is 2. The Morgan fingerprint density at radius 3 is 2.50 bits per heavy atom. The number of rotatable bonds is 0. The van der Waals surface area contributed by atoms with Crippen LogP contribution in [0.2, 0.25) is 0 Å². The molecule has 0 aromatic carbocycles. The average molecular weight is 227 g/mol. The third-order valence-electron chi connectivity index (χ3n) is 2.60. The predicted octanol–water partition coefficient (Wildman–Crippen LogP) is 1.66. The van der Waals surface area contributed by atoms with Gasteiger partial charge in [0.05, 0.1) is 12.0 Å². The van der Waals surface area contributed by atoms with E-state index in [0.717, 1.165) is 4.90 Å². The van der Waals surface area contributed by atoms with Gasteiger partial charge < -0.3 is 4.74 Å². The van der Waals surface area contributed by atoms with Crippen molar-refractivity contribution < 1.29 is 18.7 Å². The van der Waals surface area contributed by atoms with Gasteiger partial charge >= 0.3 is 6.09 Å². The van der Waals surface area contributed by atoms with Crippen LogP contribution in [0.4, 0.5) is 9.18 Å². The van der Waals surface area contributed by atoms with Crippen molar-refractivity contribution >= 4 is 12.0 Å². The number of hydrogen-bond acceptors (Lipinski definition) is 3. The summed E-state index contributed by atoms with van der Waals surface area (Å²) in [6.07, 6.45) is 0.969. The molecule has 2 bridgehead atoms. The van der Waals surface area contributed by atoms with Crippen LogP contribution < -0.4 is 0 Å². The Balaban J connectivity index is 2.15. The van der Waals surface area contributed by atoms with Gasteiger partial charge in [-0.2, -0.15) is 0 Å². The lowest BCUT2D eigenvalue weighted by Crippen LogP contribution is -2.43. The molecule has 1 fully saturated rings. The summed E-state index contributed by atoms with van der Waals surface area (Å²) < 4.78 is 18.6. The molecule has 0 saturated carbocycles. The van der Waals surface area contributed by atoms with E-state index in [1.165, 1.54) is 6.08 Å².